The SMILES string of the molecule is C=CCOC(=O)c1sc(N2C(=O)C(=O)/C(=C(/O)c3ccc(OCC)c(C)c3)C2c2ccccc2F)nc1C. The standard InChI is InChI=1S/C28H25FN2O6S/c1-5-13-37-27(35)25-16(4)30-28(38-25)31-22(18-9-7-8-10-19(18)29)21(24(33)26(31)34)23(32)17-11-12-20(36-6-2)15(3)14-17/h5,7-12,14,22,32H,1,6,13H2,2-4H3/b23-21+. The van der Waals surface area contributed by atoms with Crippen LogP contribution >= 0.6 is 11.3 Å². The van der Waals surface area contributed by atoms with Crippen molar-refractivity contribution in [3.05, 3.63) is 93.8 Å². The lowest BCUT2D eigenvalue weighted by molar-refractivity contribution is -0.132. The Morgan fingerprint density at radius 3 is 2.63 bits per heavy atom. The fourth-order valence-electron chi connectivity index (χ4n) is 4.17. The van der Waals surface area contributed by atoms with Gasteiger partial charge in [-0.15, -0.1) is 0 Å². The van der Waals surface area contributed by atoms with Crippen molar-refractivity contribution in [3.63, 3.8) is 0 Å². The molecule has 4 rings (SSSR count). The summed E-state index contributed by atoms with van der Waals surface area (Å²) in [4.78, 5) is 44.6. The molecule has 1 aromatic heterocycles. The third-order valence-electron chi connectivity index (χ3n) is 5.90. The van der Waals surface area contributed by atoms with Gasteiger partial charge < -0.3 is 14.6 Å². The minimum Gasteiger partial charge on any atom is -0.507 e. The lowest BCUT2D eigenvalue weighted by Gasteiger charge is -2.23. The van der Waals surface area contributed by atoms with Gasteiger partial charge in [-0.3, -0.25) is 14.5 Å². The van der Waals surface area contributed by atoms with Crippen LogP contribution in [0.25, 0.3) is 5.76 Å². The monoisotopic (exact) mass is 536 g/mol. The van der Waals surface area contributed by atoms with Crippen LogP contribution in [0.3, 0.4) is 0 Å². The summed E-state index contributed by atoms with van der Waals surface area (Å²) < 4.78 is 25.7. The molecule has 8 nitrogen and oxygen atoms in total. The second kappa shape index (κ2) is 11.0. The van der Waals surface area contributed by atoms with E-state index in [4.69, 9.17) is 9.47 Å². The fraction of sp³-hybridized carbons (Fsp3) is 0.214. The Balaban J connectivity index is 1.89. The first-order valence-corrected chi connectivity index (χ1v) is 12.6. The Morgan fingerprint density at radius 1 is 1.24 bits per heavy atom. The fourth-order valence-corrected chi connectivity index (χ4v) is 5.15. The average Bonchev–Trinajstić information content (AvgIpc) is 3.40. The highest BCUT2D eigenvalue weighted by Gasteiger charge is 2.49. The van der Waals surface area contributed by atoms with Gasteiger partial charge in [0.1, 0.15) is 34.9 Å². The number of rotatable bonds is 8. The van der Waals surface area contributed by atoms with E-state index in [1.165, 1.54) is 24.3 Å². The first-order chi connectivity index (χ1) is 18.2. The zero-order chi connectivity index (χ0) is 27.6. The van der Waals surface area contributed by atoms with Crippen molar-refractivity contribution < 1.29 is 33.4 Å². The highest BCUT2D eigenvalue weighted by Crippen LogP contribution is 2.44. The minimum absolute atomic E-state index is 0.00895. The molecule has 38 heavy (non-hydrogen) atoms. The van der Waals surface area contributed by atoms with Gasteiger partial charge in [0.15, 0.2) is 5.13 Å². The summed E-state index contributed by atoms with van der Waals surface area (Å²) in [6, 6.07) is 9.15. The molecule has 3 aromatic rings. The van der Waals surface area contributed by atoms with Gasteiger partial charge >= 0.3 is 11.9 Å². The number of halogens is 1. The molecular formula is C28H25FN2O6S. The quantitative estimate of drug-likeness (QED) is 0.138. The van der Waals surface area contributed by atoms with E-state index in [0.29, 0.717) is 17.9 Å². The van der Waals surface area contributed by atoms with Crippen molar-refractivity contribution in [1.29, 1.82) is 0 Å². The minimum atomic E-state index is -1.33. The molecule has 0 radical (unpaired) electrons. The molecule has 2 aromatic carbocycles. The molecule has 1 N–H and O–H groups in total. The van der Waals surface area contributed by atoms with Crippen molar-refractivity contribution >= 4 is 39.9 Å². The highest BCUT2D eigenvalue weighted by atomic mass is 32.1. The second-order valence-electron chi connectivity index (χ2n) is 8.40. The molecular weight excluding hydrogens is 511 g/mol. The molecule has 196 valence electrons. The van der Waals surface area contributed by atoms with Crippen LogP contribution in [0.1, 0.15) is 45.0 Å². The first-order valence-electron chi connectivity index (χ1n) is 11.7. The summed E-state index contributed by atoms with van der Waals surface area (Å²) in [5.74, 6) is -3.24. The van der Waals surface area contributed by atoms with Crippen LogP contribution in [-0.2, 0) is 14.3 Å². The maximum Gasteiger partial charge on any atom is 0.350 e. The van der Waals surface area contributed by atoms with Crippen molar-refractivity contribution in [3.8, 4) is 5.75 Å². The number of nitrogens with zero attached hydrogens (tertiary/aromatic N) is 2. The van der Waals surface area contributed by atoms with E-state index in [0.717, 1.165) is 16.2 Å². The third kappa shape index (κ3) is 4.82. The van der Waals surface area contributed by atoms with Crippen LogP contribution in [0.5, 0.6) is 5.75 Å². The zero-order valence-electron chi connectivity index (χ0n) is 21.0. The lowest BCUT2D eigenvalue weighted by atomic mass is 9.94. The Kier molecular flexibility index (Phi) is 7.72. The lowest BCUT2D eigenvalue weighted by Crippen LogP contribution is -2.29. The molecule has 1 saturated heterocycles. The molecule has 0 bridgehead atoms. The van der Waals surface area contributed by atoms with Gasteiger partial charge in [-0.05, 0) is 50.6 Å². The molecule has 10 heteroatoms. The summed E-state index contributed by atoms with van der Waals surface area (Å²) in [5.41, 5.74) is 0.919. The number of aliphatic hydroxyl groups excluding tert-OH is 1. The Morgan fingerprint density at radius 2 is 1.97 bits per heavy atom. The van der Waals surface area contributed by atoms with Gasteiger partial charge in [0.25, 0.3) is 5.78 Å². The summed E-state index contributed by atoms with van der Waals surface area (Å²) in [5, 5.41) is 11.3. The van der Waals surface area contributed by atoms with Gasteiger partial charge in [0.2, 0.25) is 0 Å². The Labute approximate surface area is 222 Å². The summed E-state index contributed by atoms with van der Waals surface area (Å²) in [6.07, 6.45) is 1.41. The number of ketones is 1. The molecule has 2 heterocycles. The Hall–Kier alpha value is -4.31. The smallest absolute Gasteiger partial charge is 0.350 e. The molecule has 1 fully saturated rings. The van der Waals surface area contributed by atoms with E-state index in [1.807, 2.05) is 6.92 Å². The number of aryl methyl sites for hydroxylation is 2. The number of aliphatic hydroxyl groups is 1. The maximum atomic E-state index is 15.1. The van der Waals surface area contributed by atoms with Crippen LogP contribution in [-0.4, -0.2) is 41.0 Å². The van der Waals surface area contributed by atoms with Crippen LogP contribution in [0.15, 0.2) is 60.7 Å². The molecule has 1 amide bonds. The zero-order valence-corrected chi connectivity index (χ0v) is 21.8. The van der Waals surface area contributed by atoms with E-state index in [-0.39, 0.29) is 39.0 Å². The van der Waals surface area contributed by atoms with E-state index in [2.05, 4.69) is 11.6 Å². The molecule has 1 unspecified atom stereocenters. The number of benzene rings is 2. The highest BCUT2D eigenvalue weighted by molar-refractivity contribution is 7.17. The van der Waals surface area contributed by atoms with Crippen LogP contribution in [0.4, 0.5) is 9.52 Å². The van der Waals surface area contributed by atoms with Crippen LogP contribution in [0.2, 0.25) is 0 Å². The van der Waals surface area contributed by atoms with E-state index in [1.54, 1.807) is 38.1 Å². The van der Waals surface area contributed by atoms with Crippen molar-refractivity contribution in [2.75, 3.05) is 18.1 Å². The molecule has 1 atom stereocenters. The molecule has 0 saturated carbocycles. The number of carbonyl (C=O) groups excluding carboxylic acids is 3. The number of carbonyl (C=O) groups is 3. The third-order valence-corrected chi connectivity index (χ3v) is 7.04. The van der Waals surface area contributed by atoms with Gasteiger partial charge in [-0.2, -0.15) is 0 Å². The van der Waals surface area contributed by atoms with Gasteiger partial charge in [0.05, 0.1) is 17.9 Å². The van der Waals surface area contributed by atoms with E-state index < -0.39 is 35.3 Å². The number of amides is 1. The van der Waals surface area contributed by atoms with Gasteiger partial charge in [-0.25, -0.2) is 14.2 Å². The normalized spacial score (nSPS) is 16.5. The van der Waals surface area contributed by atoms with Gasteiger partial charge in [-0.1, -0.05) is 42.2 Å². The van der Waals surface area contributed by atoms with E-state index >= 15 is 4.39 Å². The number of hydrogen-bond acceptors (Lipinski definition) is 8. The average molecular weight is 537 g/mol. The van der Waals surface area contributed by atoms with Gasteiger partial charge in [0, 0.05) is 11.1 Å². The maximum absolute atomic E-state index is 15.1. The number of esters is 1. The van der Waals surface area contributed by atoms with Crippen LogP contribution in [0, 0.1) is 19.7 Å². The molecule has 1 aliphatic rings. The van der Waals surface area contributed by atoms with Crippen molar-refractivity contribution in [1.82, 2.24) is 4.98 Å². The first kappa shape index (κ1) is 26.7. The molecule has 0 aliphatic carbocycles. The molecule has 1 aliphatic heterocycles. The number of anilines is 1. The molecule has 0 spiro atoms. The number of aromatic nitrogens is 1. The summed E-state index contributed by atoms with van der Waals surface area (Å²) in [7, 11) is 0. The van der Waals surface area contributed by atoms with Crippen LogP contribution < -0.4 is 9.64 Å². The summed E-state index contributed by atoms with van der Waals surface area (Å²) >= 11 is 0.835. The predicted octanol–water partition coefficient (Wildman–Crippen LogP) is 5.27. The second-order valence-corrected chi connectivity index (χ2v) is 9.38. The topological polar surface area (TPSA) is 106 Å². The largest absolute Gasteiger partial charge is 0.507 e. The number of Topliss-reactive ketones (excluding diaryl/α,β-unsaturated/α-hetero) is 1. The number of thiazole rings is 1. The number of hydrogen-bond donors (Lipinski definition) is 1. The predicted molar refractivity (Wildman–Crippen MR) is 141 cm³/mol. The van der Waals surface area contributed by atoms with E-state index in [9.17, 15) is 19.5 Å². The summed E-state index contributed by atoms with van der Waals surface area (Å²) in [6.45, 7) is 9.11. The number of ether oxygens (including phenoxy) is 2. The Bertz CT molecular complexity index is 1480. The van der Waals surface area contributed by atoms with Crippen molar-refractivity contribution in [2.24, 2.45) is 0 Å². The van der Waals surface area contributed by atoms with Crippen molar-refractivity contribution in [2.45, 2.75) is 26.8 Å².